The number of ether oxygens (including phenoxy) is 1. The van der Waals surface area contributed by atoms with Crippen molar-refractivity contribution in [3.8, 4) is 5.69 Å². The van der Waals surface area contributed by atoms with Crippen LogP contribution in [-0.4, -0.2) is 27.8 Å². The third-order valence-corrected chi connectivity index (χ3v) is 4.63. The highest BCUT2D eigenvalue weighted by atomic mass is 35.5. The molecule has 1 heterocycles. The lowest BCUT2D eigenvalue weighted by Crippen LogP contribution is -2.26. The van der Waals surface area contributed by atoms with Gasteiger partial charge >= 0.3 is 5.97 Å². The number of para-hydroxylation sites is 1. The fraction of sp³-hybridized carbons (Fsp3) is 0.150. The molecule has 2 aromatic carbocycles. The molecule has 0 unspecified atom stereocenters. The lowest BCUT2D eigenvalue weighted by atomic mass is 10.2. The summed E-state index contributed by atoms with van der Waals surface area (Å²) in [5.41, 5.74) is 0.304. The van der Waals surface area contributed by atoms with Crippen molar-refractivity contribution in [2.75, 3.05) is 11.9 Å². The molecular formula is C20H17ClFN3O4. The number of carbonyl (C=O) groups excluding carboxylic acids is 2. The van der Waals surface area contributed by atoms with Crippen LogP contribution in [0.4, 0.5) is 10.1 Å². The number of amides is 1. The Bertz CT molecular complexity index is 1120. The lowest BCUT2D eigenvalue weighted by Gasteiger charge is -2.08. The Morgan fingerprint density at radius 1 is 1.14 bits per heavy atom. The molecule has 0 fully saturated rings. The largest absolute Gasteiger partial charge is 0.452 e. The minimum atomic E-state index is -1.07. The number of halogens is 2. The average Bonchev–Trinajstić information content (AvgIpc) is 2.90. The molecule has 0 atom stereocenters. The predicted molar refractivity (Wildman–Crippen MR) is 106 cm³/mol. The molecule has 7 nitrogen and oxygen atoms in total. The summed E-state index contributed by atoms with van der Waals surface area (Å²) in [6.07, 6.45) is 0. The van der Waals surface area contributed by atoms with Crippen molar-refractivity contribution in [1.82, 2.24) is 9.36 Å². The predicted octanol–water partition coefficient (Wildman–Crippen LogP) is 3.07. The normalized spacial score (nSPS) is 10.6. The number of rotatable bonds is 5. The number of carbonyl (C=O) groups is 2. The highest BCUT2D eigenvalue weighted by Gasteiger charge is 2.21. The quantitative estimate of drug-likeness (QED) is 0.647. The molecule has 0 spiro atoms. The Morgan fingerprint density at radius 3 is 2.48 bits per heavy atom. The van der Waals surface area contributed by atoms with Crippen molar-refractivity contribution in [1.29, 1.82) is 0 Å². The van der Waals surface area contributed by atoms with Gasteiger partial charge in [-0.05, 0) is 31.2 Å². The van der Waals surface area contributed by atoms with Gasteiger partial charge < -0.3 is 10.1 Å². The number of nitrogens with one attached hydrogen (secondary N) is 1. The van der Waals surface area contributed by atoms with Gasteiger partial charge in [0.15, 0.2) is 6.61 Å². The van der Waals surface area contributed by atoms with Gasteiger partial charge in [0.25, 0.3) is 11.5 Å². The minimum Gasteiger partial charge on any atom is -0.452 e. The third kappa shape index (κ3) is 4.07. The molecule has 0 bridgehead atoms. The van der Waals surface area contributed by atoms with Crippen molar-refractivity contribution in [2.24, 2.45) is 7.05 Å². The second-order valence-corrected chi connectivity index (χ2v) is 6.56. The SMILES string of the molecule is Cc1c(NC(=O)COC(=O)c2c(F)cccc2Cl)c(=O)n(-c2ccccc2)n1C. The van der Waals surface area contributed by atoms with Crippen LogP contribution in [0.15, 0.2) is 53.3 Å². The standard InChI is InChI=1S/C20H17ClFN3O4/c1-12-18(19(27)25(24(12)2)13-7-4-3-5-8-13)23-16(26)11-29-20(28)17-14(21)9-6-10-15(17)22/h3-10H,11H2,1-2H3,(H,23,26). The molecule has 3 rings (SSSR count). The zero-order valence-electron chi connectivity index (χ0n) is 15.6. The van der Waals surface area contributed by atoms with Crippen molar-refractivity contribution in [3.05, 3.63) is 81.0 Å². The van der Waals surface area contributed by atoms with Crippen molar-refractivity contribution >= 4 is 29.2 Å². The topological polar surface area (TPSA) is 82.3 Å². The monoisotopic (exact) mass is 417 g/mol. The number of esters is 1. The van der Waals surface area contributed by atoms with Crippen LogP contribution >= 0.6 is 11.6 Å². The van der Waals surface area contributed by atoms with E-state index >= 15 is 0 Å². The maximum absolute atomic E-state index is 13.8. The third-order valence-electron chi connectivity index (χ3n) is 4.32. The highest BCUT2D eigenvalue weighted by Crippen LogP contribution is 2.20. The fourth-order valence-electron chi connectivity index (χ4n) is 2.78. The van der Waals surface area contributed by atoms with Gasteiger partial charge in [-0.25, -0.2) is 13.9 Å². The van der Waals surface area contributed by atoms with Gasteiger partial charge in [-0.15, -0.1) is 0 Å². The van der Waals surface area contributed by atoms with Gasteiger partial charge in [-0.3, -0.25) is 14.3 Å². The molecule has 3 aromatic rings. The molecule has 0 aliphatic rings. The van der Waals surface area contributed by atoms with Crippen molar-refractivity contribution in [3.63, 3.8) is 0 Å². The summed E-state index contributed by atoms with van der Waals surface area (Å²) in [6.45, 7) is 0.962. The average molecular weight is 418 g/mol. The first kappa shape index (κ1) is 20.3. The zero-order chi connectivity index (χ0) is 21.1. The van der Waals surface area contributed by atoms with Crippen LogP contribution in [-0.2, 0) is 16.6 Å². The molecule has 0 radical (unpaired) electrons. The molecule has 0 saturated heterocycles. The van der Waals surface area contributed by atoms with Crippen LogP contribution in [0, 0.1) is 12.7 Å². The number of aromatic nitrogens is 2. The summed E-state index contributed by atoms with van der Waals surface area (Å²) in [5, 5.41) is 2.32. The van der Waals surface area contributed by atoms with Crippen LogP contribution in [0.1, 0.15) is 16.1 Å². The van der Waals surface area contributed by atoms with E-state index in [1.807, 2.05) is 6.07 Å². The van der Waals surface area contributed by atoms with Gasteiger partial charge in [-0.1, -0.05) is 35.9 Å². The molecular weight excluding hydrogens is 401 g/mol. The van der Waals surface area contributed by atoms with Gasteiger partial charge in [0.2, 0.25) is 0 Å². The van der Waals surface area contributed by atoms with Crippen LogP contribution in [0.25, 0.3) is 5.69 Å². The molecule has 9 heteroatoms. The van der Waals surface area contributed by atoms with Crippen LogP contribution in [0.5, 0.6) is 0 Å². The Kier molecular flexibility index (Phi) is 5.84. The first-order chi connectivity index (χ1) is 13.8. The van der Waals surface area contributed by atoms with Gasteiger partial charge in [0.1, 0.15) is 17.1 Å². The summed E-state index contributed by atoms with van der Waals surface area (Å²) >= 11 is 5.80. The van der Waals surface area contributed by atoms with Crippen LogP contribution in [0.3, 0.4) is 0 Å². The van der Waals surface area contributed by atoms with Gasteiger partial charge in [0.05, 0.1) is 16.4 Å². The maximum atomic E-state index is 13.8. The first-order valence-electron chi connectivity index (χ1n) is 8.56. The summed E-state index contributed by atoms with van der Waals surface area (Å²) in [7, 11) is 1.68. The number of hydrogen-bond donors (Lipinski definition) is 1. The molecule has 150 valence electrons. The van der Waals surface area contributed by atoms with E-state index in [4.69, 9.17) is 16.3 Å². The van der Waals surface area contributed by atoms with E-state index in [0.29, 0.717) is 11.4 Å². The van der Waals surface area contributed by atoms with E-state index in [0.717, 1.165) is 6.07 Å². The smallest absolute Gasteiger partial charge is 0.343 e. The summed E-state index contributed by atoms with van der Waals surface area (Å²) in [4.78, 5) is 37.0. The second-order valence-electron chi connectivity index (χ2n) is 6.16. The zero-order valence-corrected chi connectivity index (χ0v) is 16.4. The van der Waals surface area contributed by atoms with E-state index < -0.39 is 35.4 Å². The van der Waals surface area contributed by atoms with E-state index in [1.165, 1.54) is 16.8 Å². The molecule has 0 saturated carbocycles. The van der Waals surface area contributed by atoms with Gasteiger partial charge in [0, 0.05) is 7.05 Å². The molecule has 29 heavy (non-hydrogen) atoms. The van der Waals surface area contributed by atoms with Crippen LogP contribution < -0.4 is 10.9 Å². The van der Waals surface area contributed by atoms with E-state index in [2.05, 4.69) is 5.32 Å². The number of nitrogens with zero attached hydrogens (tertiary/aromatic N) is 2. The van der Waals surface area contributed by atoms with Crippen molar-refractivity contribution in [2.45, 2.75) is 6.92 Å². The Balaban J connectivity index is 1.75. The number of hydrogen-bond acceptors (Lipinski definition) is 4. The van der Waals surface area contributed by atoms with Crippen molar-refractivity contribution < 1.29 is 18.7 Å². The minimum absolute atomic E-state index is 0.0568. The molecule has 0 aliphatic carbocycles. The van der Waals surface area contributed by atoms with Gasteiger partial charge in [-0.2, -0.15) is 0 Å². The molecule has 1 aromatic heterocycles. The Hall–Kier alpha value is -3.39. The van der Waals surface area contributed by atoms with E-state index in [1.54, 1.807) is 42.9 Å². The molecule has 1 N–H and O–H groups in total. The summed E-state index contributed by atoms with van der Waals surface area (Å²) in [6, 6.07) is 12.6. The van der Waals surface area contributed by atoms with E-state index in [9.17, 15) is 18.8 Å². The summed E-state index contributed by atoms with van der Waals surface area (Å²) < 4.78 is 21.6. The Labute approximate surface area is 170 Å². The Morgan fingerprint density at radius 2 is 1.83 bits per heavy atom. The first-order valence-corrected chi connectivity index (χ1v) is 8.94. The number of anilines is 1. The molecule has 0 aliphatic heterocycles. The second kappa shape index (κ2) is 8.32. The number of benzene rings is 2. The fourth-order valence-corrected chi connectivity index (χ4v) is 3.02. The van der Waals surface area contributed by atoms with E-state index in [-0.39, 0.29) is 10.7 Å². The highest BCUT2D eigenvalue weighted by molar-refractivity contribution is 6.33. The maximum Gasteiger partial charge on any atom is 0.343 e. The molecule has 1 amide bonds. The van der Waals surface area contributed by atoms with Crippen LogP contribution in [0.2, 0.25) is 5.02 Å². The summed E-state index contributed by atoms with van der Waals surface area (Å²) in [5.74, 6) is -2.67. The lowest BCUT2D eigenvalue weighted by molar-refractivity contribution is -0.119.